The standard InChI is InChI=1S/C27H36N6O3S/c1-20-8-9-23(18-31-12-10-29-11-13-31)14-26(20)30-27(34)19-32-16-21(2)33(22(3)17-32)37(35,36)25-7-5-6-24(15-25)28-4/h5-9,14-15,21-22,29H,10-13,16-19H2,1-3H3,(H,30,34)/t21-,22+. The number of carbonyl (C=O) groups excluding carboxylic acids is 1. The molecule has 4 rings (SSSR count). The summed E-state index contributed by atoms with van der Waals surface area (Å²) < 4.78 is 28.3. The maximum Gasteiger partial charge on any atom is 0.242 e. The number of benzene rings is 2. The zero-order chi connectivity index (χ0) is 26.6. The molecule has 0 aliphatic carbocycles. The van der Waals surface area contributed by atoms with Crippen LogP contribution in [0.25, 0.3) is 4.85 Å². The van der Waals surface area contributed by atoms with E-state index in [0.29, 0.717) is 18.8 Å². The molecule has 37 heavy (non-hydrogen) atoms. The number of aryl methyl sites for hydroxylation is 1. The van der Waals surface area contributed by atoms with Gasteiger partial charge in [0.1, 0.15) is 0 Å². The number of nitrogens with zero attached hydrogens (tertiary/aromatic N) is 4. The minimum absolute atomic E-state index is 0.108. The van der Waals surface area contributed by atoms with Gasteiger partial charge >= 0.3 is 0 Å². The summed E-state index contributed by atoms with van der Waals surface area (Å²) in [6.45, 7) is 18.9. The van der Waals surface area contributed by atoms with Crippen LogP contribution in [0.2, 0.25) is 0 Å². The first-order chi connectivity index (χ1) is 17.7. The summed E-state index contributed by atoms with van der Waals surface area (Å²) in [6, 6.07) is 11.7. The second-order valence-electron chi connectivity index (χ2n) is 10.1. The zero-order valence-electron chi connectivity index (χ0n) is 21.8. The fourth-order valence-electron chi connectivity index (χ4n) is 5.28. The number of hydrogen-bond donors (Lipinski definition) is 2. The van der Waals surface area contributed by atoms with E-state index in [1.54, 1.807) is 12.1 Å². The van der Waals surface area contributed by atoms with Gasteiger partial charge in [0.2, 0.25) is 15.9 Å². The number of carbonyl (C=O) groups is 1. The number of piperazine rings is 2. The third-order valence-corrected chi connectivity index (χ3v) is 9.12. The van der Waals surface area contributed by atoms with E-state index < -0.39 is 10.0 Å². The Morgan fingerprint density at radius 2 is 1.78 bits per heavy atom. The molecule has 2 N–H and O–H groups in total. The van der Waals surface area contributed by atoms with Crippen molar-refractivity contribution in [2.75, 3.05) is 51.1 Å². The molecule has 1 amide bonds. The lowest BCUT2D eigenvalue weighted by molar-refractivity contribution is -0.118. The van der Waals surface area contributed by atoms with Crippen LogP contribution in [0.15, 0.2) is 47.4 Å². The molecule has 0 aromatic heterocycles. The molecule has 198 valence electrons. The molecule has 2 aliphatic rings. The molecule has 2 aromatic rings. The molecule has 2 fully saturated rings. The van der Waals surface area contributed by atoms with E-state index >= 15 is 0 Å². The number of nitrogens with one attached hydrogen (secondary N) is 2. The monoisotopic (exact) mass is 524 g/mol. The van der Waals surface area contributed by atoms with E-state index in [1.165, 1.54) is 22.0 Å². The van der Waals surface area contributed by atoms with Crippen LogP contribution in [0.4, 0.5) is 11.4 Å². The van der Waals surface area contributed by atoms with E-state index in [9.17, 15) is 13.2 Å². The summed E-state index contributed by atoms with van der Waals surface area (Å²) in [6.07, 6.45) is 0. The molecule has 2 aliphatic heterocycles. The van der Waals surface area contributed by atoms with Crippen LogP contribution in [0, 0.1) is 13.5 Å². The first-order valence-corrected chi connectivity index (χ1v) is 14.2. The number of rotatable bonds is 7. The predicted molar refractivity (Wildman–Crippen MR) is 145 cm³/mol. The minimum Gasteiger partial charge on any atom is -0.325 e. The van der Waals surface area contributed by atoms with Crippen LogP contribution >= 0.6 is 0 Å². The fourth-order valence-corrected chi connectivity index (χ4v) is 7.12. The second kappa shape index (κ2) is 11.7. The normalized spacial score (nSPS) is 21.9. The van der Waals surface area contributed by atoms with Gasteiger partial charge < -0.3 is 10.6 Å². The van der Waals surface area contributed by atoms with Crippen molar-refractivity contribution in [2.24, 2.45) is 0 Å². The maximum absolute atomic E-state index is 13.4. The SMILES string of the molecule is [C-]#[N+]c1cccc(S(=O)(=O)N2[C@H](C)CN(CC(=O)Nc3cc(CN4CCNCC4)ccc3C)C[C@@H]2C)c1. The Kier molecular flexibility index (Phi) is 8.62. The topological polar surface area (TPSA) is 89.3 Å². The van der Waals surface area contributed by atoms with Crippen molar-refractivity contribution >= 4 is 27.3 Å². The van der Waals surface area contributed by atoms with Crippen molar-refractivity contribution < 1.29 is 13.2 Å². The van der Waals surface area contributed by atoms with E-state index in [2.05, 4.69) is 32.5 Å². The highest BCUT2D eigenvalue weighted by Crippen LogP contribution is 2.27. The van der Waals surface area contributed by atoms with Crippen molar-refractivity contribution in [2.45, 2.75) is 44.3 Å². The number of anilines is 1. The third kappa shape index (κ3) is 6.55. The molecule has 0 saturated carbocycles. The quantitative estimate of drug-likeness (QED) is 0.542. The lowest BCUT2D eigenvalue weighted by Gasteiger charge is -2.43. The Labute approximate surface area is 220 Å². The molecule has 0 spiro atoms. The highest BCUT2D eigenvalue weighted by atomic mass is 32.2. The molecule has 10 heteroatoms. The minimum atomic E-state index is -3.76. The average molecular weight is 525 g/mol. The Morgan fingerprint density at radius 1 is 1.08 bits per heavy atom. The van der Waals surface area contributed by atoms with Gasteiger partial charge in [0.05, 0.1) is 18.0 Å². The molecule has 2 saturated heterocycles. The van der Waals surface area contributed by atoms with Crippen molar-refractivity contribution in [3.63, 3.8) is 0 Å². The molecular formula is C27H36N6O3S. The molecule has 9 nitrogen and oxygen atoms in total. The number of hydrogen-bond acceptors (Lipinski definition) is 6. The van der Waals surface area contributed by atoms with Gasteiger partial charge in [0, 0.05) is 63.6 Å². The largest absolute Gasteiger partial charge is 0.325 e. The zero-order valence-corrected chi connectivity index (χ0v) is 22.6. The number of sulfonamides is 1. The summed E-state index contributed by atoms with van der Waals surface area (Å²) in [5, 5.41) is 6.44. The van der Waals surface area contributed by atoms with Gasteiger partial charge in [-0.05, 0) is 50.1 Å². The van der Waals surface area contributed by atoms with E-state index in [0.717, 1.165) is 44.0 Å². The summed E-state index contributed by atoms with van der Waals surface area (Å²) >= 11 is 0. The maximum atomic E-state index is 13.4. The summed E-state index contributed by atoms with van der Waals surface area (Å²) in [5.74, 6) is -0.108. The van der Waals surface area contributed by atoms with Crippen molar-refractivity contribution in [3.8, 4) is 0 Å². The highest BCUT2D eigenvalue weighted by Gasteiger charge is 2.38. The van der Waals surface area contributed by atoms with Gasteiger partial charge in [0.15, 0.2) is 5.69 Å². The van der Waals surface area contributed by atoms with E-state index in [4.69, 9.17) is 6.57 Å². The van der Waals surface area contributed by atoms with Crippen LogP contribution in [-0.2, 0) is 21.4 Å². The summed E-state index contributed by atoms with van der Waals surface area (Å²) in [5.41, 5.74) is 3.30. The van der Waals surface area contributed by atoms with Crippen molar-refractivity contribution in [1.29, 1.82) is 0 Å². The Morgan fingerprint density at radius 3 is 2.46 bits per heavy atom. The van der Waals surface area contributed by atoms with Gasteiger partial charge in [-0.3, -0.25) is 14.6 Å². The predicted octanol–water partition coefficient (Wildman–Crippen LogP) is 2.67. The molecular weight excluding hydrogens is 488 g/mol. The summed E-state index contributed by atoms with van der Waals surface area (Å²) in [4.78, 5) is 20.9. The molecule has 0 bridgehead atoms. The Hall–Kier alpha value is -2.81. The molecule has 2 heterocycles. The average Bonchev–Trinajstić information content (AvgIpc) is 2.86. The first-order valence-electron chi connectivity index (χ1n) is 12.7. The summed E-state index contributed by atoms with van der Waals surface area (Å²) in [7, 11) is -3.76. The van der Waals surface area contributed by atoms with Gasteiger partial charge in [-0.2, -0.15) is 4.31 Å². The van der Waals surface area contributed by atoms with Crippen LogP contribution in [0.3, 0.4) is 0 Å². The fraction of sp³-hybridized carbons (Fsp3) is 0.481. The first kappa shape index (κ1) is 27.2. The lowest BCUT2D eigenvalue weighted by atomic mass is 10.1. The third-order valence-electron chi connectivity index (χ3n) is 6.99. The molecule has 0 unspecified atom stereocenters. The van der Waals surface area contributed by atoms with Gasteiger partial charge in [-0.25, -0.2) is 13.3 Å². The van der Waals surface area contributed by atoms with E-state index in [1.807, 2.05) is 31.7 Å². The Balaban J connectivity index is 1.38. The molecule has 2 atom stereocenters. The molecule has 0 radical (unpaired) electrons. The number of amides is 1. The van der Waals surface area contributed by atoms with Crippen molar-refractivity contribution in [3.05, 3.63) is 65.0 Å². The Bertz CT molecular complexity index is 1260. The van der Waals surface area contributed by atoms with Crippen LogP contribution in [0.1, 0.15) is 25.0 Å². The highest BCUT2D eigenvalue weighted by molar-refractivity contribution is 7.89. The second-order valence-corrected chi connectivity index (χ2v) is 11.9. The lowest BCUT2D eigenvalue weighted by Crippen LogP contribution is -2.59. The smallest absolute Gasteiger partial charge is 0.242 e. The molecule has 2 aromatic carbocycles. The van der Waals surface area contributed by atoms with Crippen molar-refractivity contribution in [1.82, 2.24) is 19.4 Å². The van der Waals surface area contributed by atoms with Crippen LogP contribution < -0.4 is 10.6 Å². The van der Waals surface area contributed by atoms with E-state index in [-0.39, 0.29) is 29.4 Å². The van der Waals surface area contributed by atoms with Crippen LogP contribution in [0.5, 0.6) is 0 Å². The van der Waals surface area contributed by atoms with Gasteiger partial charge in [0.25, 0.3) is 0 Å². The van der Waals surface area contributed by atoms with Crippen LogP contribution in [-0.4, -0.2) is 86.3 Å². The van der Waals surface area contributed by atoms with Gasteiger partial charge in [-0.1, -0.05) is 24.3 Å². The van der Waals surface area contributed by atoms with Gasteiger partial charge in [-0.15, -0.1) is 0 Å².